The number of nitrogens with zero attached hydrogens (tertiary/aromatic N) is 6. The van der Waals surface area contributed by atoms with Crippen molar-refractivity contribution >= 4 is 39.9 Å². The van der Waals surface area contributed by atoms with Crippen LogP contribution in [0.1, 0.15) is 17.7 Å². The molecule has 0 spiro atoms. The molecule has 0 unspecified atom stereocenters. The van der Waals surface area contributed by atoms with Gasteiger partial charge in [0.15, 0.2) is 11.5 Å². The molecule has 146 valence electrons. The van der Waals surface area contributed by atoms with Crippen LogP contribution in [0.2, 0.25) is 10.0 Å². The van der Waals surface area contributed by atoms with Crippen LogP contribution in [-0.4, -0.2) is 49.7 Å². The number of aromatic nitrogens is 5. The predicted molar refractivity (Wildman–Crippen MR) is 114 cm³/mol. The molecule has 6 nitrogen and oxygen atoms in total. The summed E-state index contributed by atoms with van der Waals surface area (Å²) in [5, 5.41) is 6.74. The van der Waals surface area contributed by atoms with Crippen LogP contribution < -0.4 is 0 Å². The zero-order valence-corrected chi connectivity index (χ0v) is 17.9. The van der Waals surface area contributed by atoms with Gasteiger partial charge in [-0.25, -0.2) is 14.5 Å². The van der Waals surface area contributed by atoms with Crippen molar-refractivity contribution in [2.24, 2.45) is 0 Å². The Bertz CT molecular complexity index is 1170. The predicted octanol–water partition coefficient (Wildman–Crippen LogP) is 4.62. The zero-order valence-electron chi connectivity index (χ0n) is 16.4. The SMILES string of the molecule is Cc1c(C)n(CCCN(C)C)c2ncn3nc(-c4ccc(Cl)cc4Cl)nc3c12. The highest BCUT2D eigenvalue weighted by Gasteiger charge is 2.19. The Balaban J connectivity index is 1.84. The van der Waals surface area contributed by atoms with Gasteiger partial charge in [-0.2, -0.15) is 0 Å². The number of hydrogen-bond donors (Lipinski definition) is 0. The first-order valence-electron chi connectivity index (χ1n) is 9.17. The minimum absolute atomic E-state index is 0.529. The fraction of sp³-hybridized carbons (Fsp3) is 0.350. The van der Waals surface area contributed by atoms with Gasteiger partial charge in [-0.1, -0.05) is 23.2 Å². The number of hydrogen-bond acceptors (Lipinski definition) is 4. The standard InChI is InChI=1S/C20H22Cl2N6/c1-12-13(2)27(9-5-8-26(3)4)19-17(12)20-24-18(25-28(20)11-23-19)15-7-6-14(21)10-16(15)22/h6-7,10-11H,5,8-9H2,1-4H3. The van der Waals surface area contributed by atoms with Gasteiger partial charge in [0.1, 0.15) is 12.0 Å². The Morgan fingerprint density at radius 1 is 1.11 bits per heavy atom. The summed E-state index contributed by atoms with van der Waals surface area (Å²) in [5.41, 5.74) is 4.88. The number of benzene rings is 1. The highest BCUT2D eigenvalue weighted by molar-refractivity contribution is 6.36. The molecule has 1 aromatic carbocycles. The number of aryl methyl sites for hydroxylation is 2. The summed E-state index contributed by atoms with van der Waals surface area (Å²) >= 11 is 12.4. The summed E-state index contributed by atoms with van der Waals surface area (Å²) in [7, 11) is 4.18. The van der Waals surface area contributed by atoms with E-state index in [2.05, 4.69) is 47.5 Å². The van der Waals surface area contributed by atoms with Crippen molar-refractivity contribution in [3.05, 3.63) is 45.8 Å². The van der Waals surface area contributed by atoms with Crippen molar-refractivity contribution in [3.63, 3.8) is 0 Å². The molecule has 0 amide bonds. The molecule has 4 aromatic rings. The van der Waals surface area contributed by atoms with E-state index in [-0.39, 0.29) is 0 Å². The van der Waals surface area contributed by atoms with Gasteiger partial charge in [0.25, 0.3) is 0 Å². The van der Waals surface area contributed by atoms with Crippen LogP contribution in [0.5, 0.6) is 0 Å². The minimum Gasteiger partial charge on any atom is -0.329 e. The molecule has 0 bridgehead atoms. The summed E-state index contributed by atoms with van der Waals surface area (Å²) < 4.78 is 4.00. The van der Waals surface area contributed by atoms with Gasteiger partial charge in [0.05, 0.1) is 10.4 Å². The zero-order chi connectivity index (χ0) is 20.0. The van der Waals surface area contributed by atoms with Crippen LogP contribution in [0.3, 0.4) is 0 Å². The lowest BCUT2D eigenvalue weighted by Gasteiger charge is -2.11. The summed E-state index contributed by atoms with van der Waals surface area (Å²) in [6.07, 6.45) is 2.78. The van der Waals surface area contributed by atoms with Gasteiger partial charge in [-0.05, 0) is 64.7 Å². The average molecular weight is 417 g/mol. The van der Waals surface area contributed by atoms with Crippen LogP contribution in [-0.2, 0) is 6.54 Å². The van der Waals surface area contributed by atoms with Crippen LogP contribution in [0.15, 0.2) is 24.5 Å². The van der Waals surface area contributed by atoms with E-state index in [9.17, 15) is 0 Å². The normalized spacial score (nSPS) is 12.0. The molecule has 0 aliphatic heterocycles. The van der Waals surface area contributed by atoms with Crippen molar-refractivity contribution in [1.82, 2.24) is 29.0 Å². The lowest BCUT2D eigenvalue weighted by atomic mass is 10.2. The Kier molecular flexibility index (Phi) is 5.04. The van der Waals surface area contributed by atoms with E-state index in [4.69, 9.17) is 28.2 Å². The first-order chi connectivity index (χ1) is 13.4. The molecule has 28 heavy (non-hydrogen) atoms. The van der Waals surface area contributed by atoms with E-state index in [1.807, 2.05) is 6.07 Å². The van der Waals surface area contributed by atoms with Gasteiger partial charge < -0.3 is 9.47 Å². The quantitative estimate of drug-likeness (QED) is 0.476. The van der Waals surface area contributed by atoms with E-state index in [1.54, 1.807) is 23.0 Å². The van der Waals surface area contributed by atoms with Crippen molar-refractivity contribution in [2.75, 3.05) is 20.6 Å². The lowest BCUT2D eigenvalue weighted by molar-refractivity contribution is 0.387. The molecule has 0 aliphatic rings. The summed E-state index contributed by atoms with van der Waals surface area (Å²) in [4.78, 5) is 11.7. The van der Waals surface area contributed by atoms with Gasteiger partial charge in [0.2, 0.25) is 0 Å². The molecule has 3 heterocycles. The van der Waals surface area contributed by atoms with E-state index in [0.29, 0.717) is 15.9 Å². The van der Waals surface area contributed by atoms with Gasteiger partial charge in [-0.3, -0.25) is 0 Å². The fourth-order valence-electron chi connectivity index (χ4n) is 3.53. The van der Waals surface area contributed by atoms with E-state index < -0.39 is 0 Å². The molecule has 0 radical (unpaired) electrons. The number of fused-ring (bicyclic) bond motifs is 3. The number of rotatable bonds is 5. The van der Waals surface area contributed by atoms with Crippen LogP contribution in [0, 0.1) is 13.8 Å². The molecule has 3 aromatic heterocycles. The molecule has 0 saturated carbocycles. The highest BCUT2D eigenvalue weighted by atomic mass is 35.5. The molecule has 8 heteroatoms. The summed E-state index contributed by atoms with van der Waals surface area (Å²) in [6.45, 7) is 6.20. The summed E-state index contributed by atoms with van der Waals surface area (Å²) in [5.74, 6) is 0.563. The van der Waals surface area contributed by atoms with E-state index in [1.165, 1.54) is 11.3 Å². The first kappa shape index (κ1) is 19.2. The Hall–Kier alpha value is -2.15. The second-order valence-corrected chi connectivity index (χ2v) is 8.13. The maximum absolute atomic E-state index is 6.36. The van der Waals surface area contributed by atoms with Gasteiger partial charge in [-0.15, -0.1) is 5.10 Å². The first-order valence-corrected chi connectivity index (χ1v) is 9.93. The van der Waals surface area contributed by atoms with Gasteiger partial charge in [0, 0.05) is 22.8 Å². The maximum atomic E-state index is 6.36. The van der Waals surface area contributed by atoms with E-state index >= 15 is 0 Å². The monoisotopic (exact) mass is 416 g/mol. The molecule has 4 rings (SSSR count). The minimum atomic E-state index is 0.529. The van der Waals surface area contributed by atoms with Crippen LogP contribution in [0.25, 0.3) is 28.1 Å². The Morgan fingerprint density at radius 2 is 1.89 bits per heavy atom. The highest BCUT2D eigenvalue weighted by Crippen LogP contribution is 2.31. The van der Waals surface area contributed by atoms with Crippen molar-refractivity contribution in [2.45, 2.75) is 26.8 Å². The van der Waals surface area contributed by atoms with Gasteiger partial charge >= 0.3 is 0 Å². The second kappa shape index (κ2) is 7.35. The van der Waals surface area contributed by atoms with Crippen LogP contribution >= 0.6 is 23.2 Å². The molecule has 0 saturated heterocycles. The number of halogens is 2. The van der Waals surface area contributed by atoms with Crippen molar-refractivity contribution < 1.29 is 0 Å². The maximum Gasteiger partial charge on any atom is 0.183 e. The molecular weight excluding hydrogens is 395 g/mol. The fourth-order valence-corrected chi connectivity index (χ4v) is 4.03. The van der Waals surface area contributed by atoms with Crippen molar-refractivity contribution in [1.29, 1.82) is 0 Å². The van der Waals surface area contributed by atoms with Crippen LogP contribution in [0.4, 0.5) is 0 Å². The van der Waals surface area contributed by atoms with E-state index in [0.717, 1.165) is 41.8 Å². The third-order valence-electron chi connectivity index (χ3n) is 5.11. The smallest absolute Gasteiger partial charge is 0.183 e. The molecule has 0 N–H and O–H groups in total. The third kappa shape index (κ3) is 3.26. The molecule has 0 fully saturated rings. The second-order valence-electron chi connectivity index (χ2n) is 7.29. The average Bonchev–Trinajstić information content (AvgIpc) is 3.16. The lowest BCUT2D eigenvalue weighted by Crippen LogP contribution is -2.15. The molecule has 0 aliphatic carbocycles. The Morgan fingerprint density at radius 3 is 2.61 bits per heavy atom. The summed E-state index contributed by atoms with van der Waals surface area (Å²) in [6, 6.07) is 5.34. The molecular formula is C20H22Cl2N6. The molecule has 0 atom stereocenters. The Labute approximate surface area is 173 Å². The largest absolute Gasteiger partial charge is 0.329 e. The third-order valence-corrected chi connectivity index (χ3v) is 5.65. The topological polar surface area (TPSA) is 51.2 Å². The van der Waals surface area contributed by atoms with Crippen molar-refractivity contribution in [3.8, 4) is 11.4 Å².